The molecule has 6 heteroatoms. The molecule has 0 saturated carbocycles. The molecule has 0 heterocycles. The van der Waals surface area contributed by atoms with E-state index in [2.05, 4.69) is 15.9 Å². The molecule has 0 fully saturated rings. The molecule has 0 aromatic heterocycles. The monoisotopic (exact) mass is 339 g/mol. The largest absolute Gasteiger partial charge is 0.392 e. The van der Waals surface area contributed by atoms with Gasteiger partial charge in [0.2, 0.25) is 0 Å². The van der Waals surface area contributed by atoms with E-state index in [9.17, 15) is 15.2 Å². The molecule has 0 aliphatic rings. The van der Waals surface area contributed by atoms with Crippen LogP contribution < -0.4 is 0 Å². The van der Waals surface area contributed by atoms with Crippen LogP contribution in [0.25, 0.3) is 0 Å². The van der Waals surface area contributed by atoms with Gasteiger partial charge in [0, 0.05) is 15.4 Å². The summed E-state index contributed by atoms with van der Waals surface area (Å²) in [5.41, 5.74) is 0.565. The highest BCUT2D eigenvalue weighted by Gasteiger charge is 2.18. The van der Waals surface area contributed by atoms with Crippen molar-refractivity contribution in [1.82, 2.24) is 0 Å². The number of nitro benzene ring substituents is 1. The summed E-state index contributed by atoms with van der Waals surface area (Å²) in [6.45, 7) is -0.224. The Morgan fingerprint density at radius 1 is 1.26 bits per heavy atom. The SMILES string of the molecule is O=[N+]([O-])c1cccc(CO)c1Sc1cccc(Br)c1. The van der Waals surface area contributed by atoms with Gasteiger partial charge in [0.25, 0.3) is 5.69 Å². The van der Waals surface area contributed by atoms with E-state index < -0.39 is 4.92 Å². The molecule has 0 amide bonds. The quantitative estimate of drug-likeness (QED) is 0.675. The molecule has 0 saturated heterocycles. The second-order valence-electron chi connectivity index (χ2n) is 3.74. The Morgan fingerprint density at radius 2 is 2.00 bits per heavy atom. The van der Waals surface area contributed by atoms with Gasteiger partial charge < -0.3 is 5.11 Å². The number of aliphatic hydroxyl groups is 1. The van der Waals surface area contributed by atoms with Gasteiger partial charge in [0.05, 0.1) is 16.4 Å². The lowest BCUT2D eigenvalue weighted by atomic mass is 10.2. The fourth-order valence-electron chi connectivity index (χ4n) is 1.61. The topological polar surface area (TPSA) is 63.4 Å². The average molecular weight is 340 g/mol. The van der Waals surface area contributed by atoms with Crippen LogP contribution in [0.15, 0.2) is 56.7 Å². The minimum atomic E-state index is -0.431. The van der Waals surface area contributed by atoms with E-state index >= 15 is 0 Å². The number of nitro groups is 1. The standard InChI is InChI=1S/C13H10BrNO3S/c14-10-4-2-5-11(7-10)19-13-9(8-16)3-1-6-12(13)15(17)18/h1-7,16H,8H2. The number of rotatable bonds is 4. The number of hydrogen-bond donors (Lipinski definition) is 1. The minimum absolute atomic E-state index is 0.0107. The third-order valence-corrected chi connectivity index (χ3v) is 4.12. The molecule has 4 nitrogen and oxygen atoms in total. The minimum Gasteiger partial charge on any atom is -0.392 e. The Kier molecular flexibility index (Phi) is 4.57. The molecule has 0 atom stereocenters. The summed E-state index contributed by atoms with van der Waals surface area (Å²) >= 11 is 4.64. The maximum absolute atomic E-state index is 11.0. The van der Waals surface area contributed by atoms with Crippen LogP contribution in [0.5, 0.6) is 0 Å². The van der Waals surface area contributed by atoms with Crippen LogP contribution in [-0.4, -0.2) is 10.0 Å². The van der Waals surface area contributed by atoms with Crippen molar-refractivity contribution in [2.24, 2.45) is 0 Å². The Labute approximate surface area is 122 Å². The van der Waals surface area contributed by atoms with Crippen LogP contribution in [0.2, 0.25) is 0 Å². The first-order chi connectivity index (χ1) is 9.11. The summed E-state index contributed by atoms with van der Waals surface area (Å²) in [6.07, 6.45) is 0. The summed E-state index contributed by atoms with van der Waals surface area (Å²) < 4.78 is 0.904. The average Bonchev–Trinajstić information content (AvgIpc) is 2.38. The Hall–Kier alpha value is -1.37. The van der Waals surface area contributed by atoms with Crippen molar-refractivity contribution in [3.05, 3.63) is 62.6 Å². The molecule has 1 N–H and O–H groups in total. The molecule has 0 bridgehead atoms. The van der Waals surface area contributed by atoms with Gasteiger partial charge in [-0.15, -0.1) is 0 Å². The van der Waals surface area contributed by atoms with Crippen LogP contribution in [0.4, 0.5) is 5.69 Å². The van der Waals surface area contributed by atoms with E-state index in [0.29, 0.717) is 10.5 Å². The van der Waals surface area contributed by atoms with Crippen LogP contribution in [-0.2, 0) is 6.61 Å². The maximum Gasteiger partial charge on any atom is 0.283 e. The first kappa shape index (κ1) is 14.0. The van der Waals surface area contributed by atoms with Crippen molar-refractivity contribution in [3.63, 3.8) is 0 Å². The Bertz CT molecular complexity index is 619. The number of halogens is 1. The summed E-state index contributed by atoms with van der Waals surface area (Å²) in [5, 5.41) is 20.4. The van der Waals surface area contributed by atoms with Crippen LogP contribution in [0, 0.1) is 10.1 Å². The van der Waals surface area contributed by atoms with Crippen molar-refractivity contribution in [1.29, 1.82) is 0 Å². The first-order valence-corrected chi connectivity index (χ1v) is 7.03. The van der Waals surface area contributed by atoms with Gasteiger partial charge in [0.1, 0.15) is 0 Å². The predicted molar refractivity (Wildman–Crippen MR) is 77.3 cm³/mol. The molecule has 0 spiro atoms. The van der Waals surface area contributed by atoms with Crippen molar-refractivity contribution < 1.29 is 10.0 Å². The van der Waals surface area contributed by atoms with E-state index in [1.54, 1.807) is 12.1 Å². The molecule has 2 aromatic rings. The number of aliphatic hydroxyl groups excluding tert-OH is 1. The second-order valence-corrected chi connectivity index (χ2v) is 5.74. The smallest absolute Gasteiger partial charge is 0.283 e. The van der Waals surface area contributed by atoms with Crippen molar-refractivity contribution in [2.45, 2.75) is 16.4 Å². The lowest BCUT2D eigenvalue weighted by Crippen LogP contribution is -1.95. The molecule has 0 aliphatic heterocycles. The molecule has 19 heavy (non-hydrogen) atoms. The molecule has 2 aromatic carbocycles. The molecule has 0 aliphatic carbocycles. The Balaban J connectivity index is 2.46. The van der Waals surface area contributed by atoms with Crippen LogP contribution >= 0.6 is 27.7 Å². The summed E-state index contributed by atoms with van der Waals surface area (Å²) in [7, 11) is 0. The molecule has 2 rings (SSSR count). The number of nitrogens with zero attached hydrogens (tertiary/aromatic N) is 1. The van der Waals surface area contributed by atoms with Crippen LogP contribution in [0.1, 0.15) is 5.56 Å². The predicted octanol–water partition coefficient (Wildman–Crippen LogP) is 4.00. The van der Waals surface area contributed by atoms with E-state index in [0.717, 1.165) is 9.37 Å². The van der Waals surface area contributed by atoms with Gasteiger partial charge in [-0.2, -0.15) is 0 Å². The highest BCUT2D eigenvalue weighted by Crippen LogP contribution is 2.38. The lowest BCUT2D eigenvalue weighted by Gasteiger charge is -2.08. The van der Waals surface area contributed by atoms with Crippen molar-refractivity contribution in [3.8, 4) is 0 Å². The lowest BCUT2D eigenvalue weighted by molar-refractivity contribution is -0.387. The zero-order valence-electron chi connectivity index (χ0n) is 9.75. The van der Waals surface area contributed by atoms with E-state index in [1.165, 1.54) is 17.8 Å². The molecular weight excluding hydrogens is 330 g/mol. The van der Waals surface area contributed by atoms with Crippen molar-refractivity contribution in [2.75, 3.05) is 0 Å². The van der Waals surface area contributed by atoms with Crippen LogP contribution in [0.3, 0.4) is 0 Å². The Morgan fingerprint density at radius 3 is 2.63 bits per heavy atom. The van der Waals surface area contributed by atoms with E-state index in [-0.39, 0.29) is 12.3 Å². The third kappa shape index (κ3) is 3.34. The molecule has 98 valence electrons. The van der Waals surface area contributed by atoms with E-state index in [4.69, 9.17) is 0 Å². The van der Waals surface area contributed by atoms with Gasteiger partial charge in [-0.1, -0.05) is 45.9 Å². The maximum atomic E-state index is 11.0. The highest BCUT2D eigenvalue weighted by atomic mass is 79.9. The molecular formula is C13H10BrNO3S. The zero-order chi connectivity index (χ0) is 13.8. The highest BCUT2D eigenvalue weighted by molar-refractivity contribution is 9.10. The third-order valence-electron chi connectivity index (χ3n) is 2.46. The van der Waals surface area contributed by atoms with E-state index in [1.807, 2.05) is 24.3 Å². The van der Waals surface area contributed by atoms with Gasteiger partial charge in [0.15, 0.2) is 0 Å². The zero-order valence-corrected chi connectivity index (χ0v) is 12.1. The van der Waals surface area contributed by atoms with Gasteiger partial charge >= 0.3 is 0 Å². The fourth-order valence-corrected chi connectivity index (χ4v) is 3.24. The van der Waals surface area contributed by atoms with Gasteiger partial charge in [-0.3, -0.25) is 10.1 Å². The number of hydrogen-bond acceptors (Lipinski definition) is 4. The van der Waals surface area contributed by atoms with Gasteiger partial charge in [-0.05, 0) is 23.8 Å². The molecule has 0 radical (unpaired) electrons. The summed E-state index contributed by atoms with van der Waals surface area (Å²) in [4.78, 5) is 12.0. The normalized spacial score (nSPS) is 10.4. The fraction of sp³-hybridized carbons (Fsp3) is 0.0769. The summed E-state index contributed by atoms with van der Waals surface area (Å²) in [5.74, 6) is 0. The summed E-state index contributed by atoms with van der Waals surface area (Å²) in [6, 6.07) is 12.2. The van der Waals surface area contributed by atoms with Crippen molar-refractivity contribution >= 4 is 33.4 Å². The van der Waals surface area contributed by atoms with Gasteiger partial charge in [-0.25, -0.2) is 0 Å². The first-order valence-electron chi connectivity index (χ1n) is 5.42. The molecule has 0 unspecified atom stereocenters. The number of benzene rings is 2. The second kappa shape index (κ2) is 6.18.